The Morgan fingerprint density at radius 3 is 2.88 bits per heavy atom. The predicted octanol–water partition coefficient (Wildman–Crippen LogP) is 3.77. The monoisotopic (exact) mass is 688 g/mol. The van der Waals surface area contributed by atoms with E-state index in [4.69, 9.17) is 25.2 Å². The van der Waals surface area contributed by atoms with Gasteiger partial charge in [0.15, 0.2) is 5.69 Å². The van der Waals surface area contributed by atoms with Gasteiger partial charge in [0.05, 0.1) is 41.3 Å². The zero-order valence-corrected chi connectivity index (χ0v) is 29.5. The largest absolute Gasteiger partial charge is 0.461 e. The number of rotatable bonds is 7. The number of fused-ring (bicyclic) bond motifs is 5. The summed E-state index contributed by atoms with van der Waals surface area (Å²) in [5, 5.41) is 15.0. The number of aromatic nitrogens is 4. The van der Waals surface area contributed by atoms with Crippen LogP contribution in [-0.4, -0.2) is 97.7 Å². The molecule has 3 aromatic rings. The highest BCUT2D eigenvalue weighted by molar-refractivity contribution is 5.92. The summed E-state index contributed by atoms with van der Waals surface area (Å²) in [4.78, 5) is 29.4. The molecule has 2 aromatic heterocycles. The van der Waals surface area contributed by atoms with Crippen molar-refractivity contribution in [3.05, 3.63) is 58.0 Å². The molecular weight excluding hydrogens is 639 g/mol. The fourth-order valence-corrected chi connectivity index (χ4v) is 9.16. The zero-order chi connectivity index (χ0) is 34.8. The maximum absolute atomic E-state index is 14.6. The maximum Gasteiger partial charge on any atom is 0.318 e. The summed E-state index contributed by atoms with van der Waals surface area (Å²) >= 11 is 0. The number of likely N-dealkylation sites (N-methyl/N-ethyl adjacent to an activating group) is 1. The quantitative estimate of drug-likeness (QED) is 0.354. The number of ether oxygens (including phenoxy) is 2. The van der Waals surface area contributed by atoms with Gasteiger partial charge in [0.2, 0.25) is 0 Å². The number of nitrogen functional groups attached to an aromatic ring is 1. The molecule has 4 aliphatic heterocycles. The number of anilines is 2. The lowest BCUT2D eigenvalue weighted by molar-refractivity contribution is -0.0855. The lowest BCUT2D eigenvalue weighted by Crippen LogP contribution is -2.44. The second-order valence-electron chi connectivity index (χ2n) is 15.8. The molecule has 0 bridgehead atoms. The van der Waals surface area contributed by atoms with Crippen molar-refractivity contribution in [2.45, 2.75) is 108 Å². The maximum atomic E-state index is 14.6. The van der Waals surface area contributed by atoms with Gasteiger partial charge in [-0.2, -0.15) is 15.1 Å². The van der Waals surface area contributed by atoms with E-state index < -0.39 is 17.4 Å². The molecule has 12 nitrogen and oxygen atoms in total. The van der Waals surface area contributed by atoms with Gasteiger partial charge < -0.3 is 30.1 Å². The van der Waals surface area contributed by atoms with E-state index in [9.17, 15) is 14.3 Å². The molecule has 5 aliphatic rings. The molecule has 0 saturated carbocycles. The van der Waals surface area contributed by atoms with Crippen molar-refractivity contribution in [2.24, 2.45) is 0 Å². The standard InChI is InChI=1S/C37H49FN8O4/c1-35(2,48)22-43(3)33(47)30-16-27-20-44(12-6-14-46(27)42-30)32-28-21-50-37(11-4-7-24-8-9-26(39)15-29(24)37)18-31(28)40-34(41-32)49-23-36-10-5-13-45(36)19-25(38)17-36/h8-9,15-16,25,48H,4-7,10-14,17-23,39H2,1-3H3. The summed E-state index contributed by atoms with van der Waals surface area (Å²) in [6.45, 7) is 7.48. The van der Waals surface area contributed by atoms with Gasteiger partial charge in [-0.25, -0.2) is 4.39 Å². The second kappa shape index (κ2) is 12.4. The molecule has 2 saturated heterocycles. The smallest absolute Gasteiger partial charge is 0.318 e. The number of halogens is 1. The summed E-state index contributed by atoms with van der Waals surface area (Å²) in [5.41, 5.74) is 10.7. The lowest BCUT2D eigenvalue weighted by atomic mass is 9.74. The SMILES string of the molecule is CN(CC(C)(C)O)C(=O)c1cc2n(n1)CCCN(c1nc(OCC34CCCN3CC(F)C4)nc3c1COC1(CCCc4ccc(N)cc41)C3)C2. The van der Waals surface area contributed by atoms with Crippen molar-refractivity contribution < 1.29 is 23.8 Å². The third kappa shape index (κ3) is 6.11. The van der Waals surface area contributed by atoms with Gasteiger partial charge in [-0.05, 0) is 88.2 Å². The molecule has 3 unspecified atom stereocenters. The number of aliphatic hydroxyl groups is 1. The van der Waals surface area contributed by atoms with Crippen LogP contribution in [-0.2, 0) is 42.9 Å². The first-order valence-electron chi connectivity index (χ1n) is 18.1. The highest BCUT2D eigenvalue weighted by Gasteiger charge is 2.50. The number of amides is 1. The van der Waals surface area contributed by atoms with Gasteiger partial charge in [0.1, 0.15) is 18.6 Å². The fraction of sp³-hybridized carbons (Fsp3) is 0.622. The Balaban J connectivity index is 1.13. The van der Waals surface area contributed by atoms with E-state index in [2.05, 4.69) is 27.0 Å². The Kier molecular flexibility index (Phi) is 8.30. The average molecular weight is 689 g/mol. The van der Waals surface area contributed by atoms with E-state index in [0.29, 0.717) is 57.4 Å². The highest BCUT2D eigenvalue weighted by Crippen LogP contribution is 2.47. The normalized spacial score (nSPS) is 26.3. The Labute approximate surface area is 292 Å². The van der Waals surface area contributed by atoms with Gasteiger partial charge in [-0.3, -0.25) is 14.4 Å². The van der Waals surface area contributed by atoms with Crippen molar-refractivity contribution in [3.63, 3.8) is 0 Å². The lowest BCUT2D eigenvalue weighted by Gasteiger charge is -2.43. The molecule has 1 spiro atoms. The van der Waals surface area contributed by atoms with Crippen LogP contribution in [0.3, 0.4) is 0 Å². The summed E-state index contributed by atoms with van der Waals surface area (Å²) in [6.07, 6.45) is 5.82. The molecule has 268 valence electrons. The molecular formula is C37H49FN8O4. The van der Waals surface area contributed by atoms with E-state index in [1.54, 1.807) is 20.9 Å². The molecule has 1 aromatic carbocycles. The molecule has 50 heavy (non-hydrogen) atoms. The van der Waals surface area contributed by atoms with Crippen LogP contribution >= 0.6 is 0 Å². The summed E-state index contributed by atoms with van der Waals surface area (Å²) in [5.74, 6) is 0.532. The zero-order valence-electron chi connectivity index (χ0n) is 29.5. The van der Waals surface area contributed by atoms with Crippen LogP contribution in [0.15, 0.2) is 24.3 Å². The number of benzene rings is 1. The van der Waals surface area contributed by atoms with Gasteiger partial charge in [0, 0.05) is 57.3 Å². The number of alkyl halides is 1. The number of carbonyl (C=O) groups excluding carboxylic acids is 1. The van der Waals surface area contributed by atoms with Crippen LogP contribution in [0.25, 0.3) is 0 Å². The van der Waals surface area contributed by atoms with Crippen molar-refractivity contribution in [2.75, 3.05) is 50.5 Å². The Morgan fingerprint density at radius 2 is 2.04 bits per heavy atom. The van der Waals surface area contributed by atoms with Crippen LogP contribution in [0.4, 0.5) is 15.9 Å². The molecule has 3 N–H and O–H groups in total. The molecule has 3 atom stereocenters. The minimum atomic E-state index is -1.02. The summed E-state index contributed by atoms with van der Waals surface area (Å²) in [7, 11) is 1.68. The molecule has 13 heteroatoms. The first kappa shape index (κ1) is 33.3. The molecule has 6 heterocycles. The van der Waals surface area contributed by atoms with Crippen LogP contribution in [0.2, 0.25) is 0 Å². The summed E-state index contributed by atoms with van der Waals surface area (Å²) in [6, 6.07) is 8.31. The van der Waals surface area contributed by atoms with Gasteiger partial charge in [-0.15, -0.1) is 0 Å². The molecule has 1 aliphatic carbocycles. The predicted molar refractivity (Wildman–Crippen MR) is 186 cm³/mol. The van der Waals surface area contributed by atoms with Crippen LogP contribution < -0.4 is 15.4 Å². The Morgan fingerprint density at radius 1 is 1.18 bits per heavy atom. The van der Waals surface area contributed by atoms with Crippen molar-refractivity contribution >= 4 is 17.4 Å². The first-order valence-corrected chi connectivity index (χ1v) is 18.1. The third-order valence-corrected chi connectivity index (χ3v) is 11.4. The van der Waals surface area contributed by atoms with E-state index in [0.717, 1.165) is 85.6 Å². The number of nitrogens with zero attached hydrogens (tertiary/aromatic N) is 7. The highest BCUT2D eigenvalue weighted by atomic mass is 19.1. The number of carbonyl (C=O) groups is 1. The summed E-state index contributed by atoms with van der Waals surface area (Å²) < 4.78 is 29.9. The molecule has 2 fully saturated rings. The van der Waals surface area contributed by atoms with E-state index in [1.807, 2.05) is 16.8 Å². The Bertz CT molecular complexity index is 1790. The third-order valence-electron chi connectivity index (χ3n) is 11.4. The van der Waals surface area contributed by atoms with Crippen molar-refractivity contribution in [1.82, 2.24) is 29.5 Å². The topological polar surface area (TPSA) is 135 Å². The van der Waals surface area contributed by atoms with E-state index in [1.165, 1.54) is 10.5 Å². The second-order valence-corrected chi connectivity index (χ2v) is 15.8. The Hall–Kier alpha value is -3.81. The van der Waals surface area contributed by atoms with Crippen LogP contribution in [0.1, 0.15) is 90.9 Å². The van der Waals surface area contributed by atoms with Gasteiger partial charge >= 0.3 is 6.01 Å². The van der Waals surface area contributed by atoms with E-state index in [-0.39, 0.29) is 18.0 Å². The number of hydrogen-bond acceptors (Lipinski definition) is 10. The number of aryl methyl sites for hydroxylation is 2. The van der Waals surface area contributed by atoms with Crippen LogP contribution in [0, 0.1) is 0 Å². The van der Waals surface area contributed by atoms with Crippen LogP contribution in [0.5, 0.6) is 6.01 Å². The van der Waals surface area contributed by atoms with Gasteiger partial charge in [-0.1, -0.05) is 6.07 Å². The number of nitrogens with two attached hydrogens (primary N) is 1. The minimum Gasteiger partial charge on any atom is -0.461 e. The first-order chi connectivity index (χ1) is 23.9. The molecule has 1 amide bonds. The molecule has 8 rings (SSSR count). The van der Waals surface area contributed by atoms with E-state index >= 15 is 0 Å². The van der Waals surface area contributed by atoms with Gasteiger partial charge in [0.25, 0.3) is 5.91 Å². The minimum absolute atomic E-state index is 0.194. The van der Waals surface area contributed by atoms with Crippen molar-refractivity contribution in [3.8, 4) is 6.01 Å². The fourth-order valence-electron chi connectivity index (χ4n) is 9.16. The van der Waals surface area contributed by atoms with Crippen molar-refractivity contribution in [1.29, 1.82) is 0 Å². The average Bonchev–Trinajstić information content (AvgIpc) is 3.69. The number of hydrogen-bond donors (Lipinski definition) is 2. The molecule has 0 radical (unpaired) electrons.